The van der Waals surface area contributed by atoms with Crippen molar-refractivity contribution in [1.29, 1.82) is 0 Å². The Bertz CT molecular complexity index is 1070. The monoisotopic (exact) mass is 449 g/mol. The molecular formula is C24H23N3O6. The van der Waals surface area contributed by atoms with Crippen LogP contribution in [0.4, 0.5) is 10.5 Å². The van der Waals surface area contributed by atoms with E-state index in [1.807, 2.05) is 0 Å². The van der Waals surface area contributed by atoms with Crippen LogP contribution < -0.4 is 15.5 Å². The second-order valence-electron chi connectivity index (χ2n) is 7.97. The molecule has 1 fully saturated rings. The van der Waals surface area contributed by atoms with E-state index in [0.29, 0.717) is 16.8 Å². The quantitative estimate of drug-likeness (QED) is 0.535. The predicted molar refractivity (Wildman–Crippen MR) is 118 cm³/mol. The minimum Gasteiger partial charge on any atom is -0.452 e. The first kappa shape index (κ1) is 22.2. The SMILES string of the molecule is O=C(COC(=O)c1ccc(N2C(=O)c3ccccc3C2=O)cc1)NC(=O)NC1CCCCC1. The lowest BCUT2D eigenvalue weighted by Gasteiger charge is -2.22. The molecule has 5 amide bonds. The molecule has 0 saturated heterocycles. The van der Waals surface area contributed by atoms with Gasteiger partial charge in [0.2, 0.25) is 0 Å². The summed E-state index contributed by atoms with van der Waals surface area (Å²) in [7, 11) is 0. The highest BCUT2D eigenvalue weighted by Gasteiger charge is 2.36. The molecule has 33 heavy (non-hydrogen) atoms. The zero-order valence-electron chi connectivity index (χ0n) is 17.8. The third-order valence-corrected chi connectivity index (χ3v) is 5.68. The number of hydrogen-bond donors (Lipinski definition) is 2. The number of nitrogens with zero attached hydrogens (tertiary/aromatic N) is 1. The minimum absolute atomic E-state index is 0.0507. The number of hydrogen-bond acceptors (Lipinski definition) is 6. The molecule has 2 aliphatic rings. The Kier molecular flexibility index (Phi) is 6.48. The molecule has 0 spiro atoms. The minimum atomic E-state index is -0.772. The summed E-state index contributed by atoms with van der Waals surface area (Å²) in [5.41, 5.74) is 1.10. The van der Waals surface area contributed by atoms with E-state index in [9.17, 15) is 24.0 Å². The summed E-state index contributed by atoms with van der Waals surface area (Å²) in [5, 5.41) is 4.90. The molecule has 4 rings (SSSR count). The smallest absolute Gasteiger partial charge is 0.338 e. The number of fused-ring (bicyclic) bond motifs is 1. The number of amides is 5. The van der Waals surface area contributed by atoms with Gasteiger partial charge in [0.25, 0.3) is 17.7 Å². The third-order valence-electron chi connectivity index (χ3n) is 5.68. The Morgan fingerprint density at radius 1 is 0.879 bits per heavy atom. The van der Waals surface area contributed by atoms with Gasteiger partial charge in [-0.1, -0.05) is 31.4 Å². The van der Waals surface area contributed by atoms with Crippen molar-refractivity contribution in [3.63, 3.8) is 0 Å². The van der Waals surface area contributed by atoms with Crippen molar-refractivity contribution in [3.8, 4) is 0 Å². The fourth-order valence-corrected chi connectivity index (χ4v) is 4.02. The molecule has 2 N–H and O–H groups in total. The molecule has 9 nitrogen and oxygen atoms in total. The summed E-state index contributed by atoms with van der Waals surface area (Å²) in [6.07, 6.45) is 5.00. The van der Waals surface area contributed by atoms with Crippen molar-refractivity contribution in [2.45, 2.75) is 38.1 Å². The van der Waals surface area contributed by atoms with Crippen molar-refractivity contribution in [2.24, 2.45) is 0 Å². The molecule has 0 atom stereocenters. The van der Waals surface area contributed by atoms with Gasteiger partial charge in [0.05, 0.1) is 22.4 Å². The highest BCUT2D eigenvalue weighted by molar-refractivity contribution is 6.34. The van der Waals surface area contributed by atoms with E-state index in [4.69, 9.17) is 4.74 Å². The first-order chi connectivity index (χ1) is 15.9. The van der Waals surface area contributed by atoms with Crippen molar-refractivity contribution < 1.29 is 28.7 Å². The lowest BCUT2D eigenvalue weighted by Crippen LogP contribution is -2.46. The van der Waals surface area contributed by atoms with Gasteiger partial charge in [-0.25, -0.2) is 14.5 Å². The molecule has 0 aromatic heterocycles. The van der Waals surface area contributed by atoms with E-state index >= 15 is 0 Å². The Labute approximate surface area is 190 Å². The van der Waals surface area contributed by atoms with Gasteiger partial charge in [0.15, 0.2) is 6.61 Å². The maximum absolute atomic E-state index is 12.6. The Balaban J connectivity index is 1.29. The summed E-state index contributed by atoms with van der Waals surface area (Å²) in [5.74, 6) is -2.38. The molecule has 0 bridgehead atoms. The van der Waals surface area contributed by atoms with E-state index in [-0.39, 0.29) is 11.6 Å². The normalized spacial score (nSPS) is 15.7. The maximum atomic E-state index is 12.6. The number of rotatable bonds is 5. The Morgan fingerprint density at radius 2 is 1.48 bits per heavy atom. The van der Waals surface area contributed by atoms with Crippen LogP contribution in [0, 0.1) is 0 Å². The number of carbonyl (C=O) groups is 5. The van der Waals surface area contributed by atoms with E-state index < -0.39 is 36.3 Å². The molecule has 0 radical (unpaired) electrons. The maximum Gasteiger partial charge on any atom is 0.338 e. The van der Waals surface area contributed by atoms with Crippen LogP contribution in [0.5, 0.6) is 0 Å². The van der Waals surface area contributed by atoms with Crippen LogP contribution in [0.3, 0.4) is 0 Å². The number of benzene rings is 2. The van der Waals surface area contributed by atoms with Crippen LogP contribution in [-0.2, 0) is 9.53 Å². The summed E-state index contributed by atoms with van der Waals surface area (Å²) in [4.78, 5) is 62.2. The van der Waals surface area contributed by atoms with E-state index in [1.165, 1.54) is 24.3 Å². The number of esters is 1. The second-order valence-corrected chi connectivity index (χ2v) is 7.97. The summed E-state index contributed by atoms with van der Waals surface area (Å²) in [6, 6.07) is 11.7. The van der Waals surface area contributed by atoms with Gasteiger partial charge < -0.3 is 10.1 Å². The summed E-state index contributed by atoms with van der Waals surface area (Å²) < 4.78 is 4.96. The number of urea groups is 1. The topological polar surface area (TPSA) is 122 Å². The number of carbonyl (C=O) groups excluding carboxylic acids is 5. The van der Waals surface area contributed by atoms with Gasteiger partial charge in [-0.2, -0.15) is 0 Å². The number of anilines is 1. The largest absolute Gasteiger partial charge is 0.452 e. The second kappa shape index (κ2) is 9.64. The number of ether oxygens (including phenoxy) is 1. The van der Waals surface area contributed by atoms with Gasteiger partial charge >= 0.3 is 12.0 Å². The zero-order valence-corrected chi connectivity index (χ0v) is 17.8. The summed E-state index contributed by atoms with van der Waals surface area (Å²) >= 11 is 0. The standard InChI is InChI=1S/C24H23N3O6/c28-20(26-24(32)25-16-6-2-1-3-7-16)14-33-23(31)15-10-12-17(13-11-15)27-21(29)18-8-4-5-9-19(18)22(27)30/h4-5,8-13,16H,1-3,6-7,14H2,(H2,25,26,28,32). The molecule has 2 aromatic rings. The van der Waals surface area contributed by atoms with Gasteiger partial charge in [0, 0.05) is 6.04 Å². The van der Waals surface area contributed by atoms with E-state index in [0.717, 1.165) is 37.0 Å². The third kappa shape index (κ3) is 4.92. The van der Waals surface area contributed by atoms with E-state index in [2.05, 4.69) is 10.6 Å². The van der Waals surface area contributed by atoms with Crippen molar-refractivity contribution in [1.82, 2.24) is 10.6 Å². The lowest BCUT2D eigenvalue weighted by molar-refractivity contribution is -0.123. The van der Waals surface area contributed by atoms with Crippen LogP contribution in [-0.4, -0.2) is 42.4 Å². The Hall–Kier alpha value is -4.01. The Morgan fingerprint density at radius 3 is 2.09 bits per heavy atom. The van der Waals surface area contributed by atoms with Crippen LogP contribution in [0.2, 0.25) is 0 Å². The van der Waals surface area contributed by atoms with Gasteiger partial charge in [-0.3, -0.25) is 19.7 Å². The molecule has 1 aliphatic heterocycles. The molecule has 0 unspecified atom stereocenters. The van der Waals surface area contributed by atoms with E-state index in [1.54, 1.807) is 24.3 Å². The van der Waals surface area contributed by atoms with Crippen LogP contribution in [0.15, 0.2) is 48.5 Å². The highest BCUT2D eigenvalue weighted by atomic mass is 16.5. The fraction of sp³-hybridized carbons (Fsp3) is 0.292. The first-order valence-corrected chi connectivity index (χ1v) is 10.8. The van der Waals surface area contributed by atoms with Gasteiger partial charge in [0.1, 0.15) is 0 Å². The average molecular weight is 449 g/mol. The number of imide groups is 2. The van der Waals surface area contributed by atoms with Gasteiger partial charge in [-0.15, -0.1) is 0 Å². The molecule has 1 saturated carbocycles. The average Bonchev–Trinajstić information content (AvgIpc) is 3.08. The zero-order chi connectivity index (χ0) is 23.4. The molecular weight excluding hydrogens is 426 g/mol. The fourth-order valence-electron chi connectivity index (χ4n) is 4.02. The molecule has 1 heterocycles. The van der Waals surface area contributed by atoms with Crippen LogP contribution >= 0.6 is 0 Å². The predicted octanol–water partition coefficient (Wildman–Crippen LogP) is 2.80. The summed E-state index contributed by atoms with van der Waals surface area (Å²) in [6.45, 7) is -0.614. The van der Waals surface area contributed by atoms with Gasteiger partial charge in [-0.05, 0) is 49.2 Å². The van der Waals surface area contributed by atoms with Crippen molar-refractivity contribution in [2.75, 3.05) is 11.5 Å². The van der Waals surface area contributed by atoms with Crippen LogP contribution in [0.1, 0.15) is 63.2 Å². The first-order valence-electron chi connectivity index (χ1n) is 10.8. The highest BCUT2D eigenvalue weighted by Crippen LogP contribution is 2.28. The van der Waals surface area contributed by atoms with Crippen molar-refractivity contribution >= 4 is 35.4 Å². The number of nitrogens with one attached hydrogen (secondary N) is 2. The van der Waals surface area contributed by atoms with Crippen LogP contribution in [0.25, 0.3) is 0 Å². The lowest BCUT2D eigenvalue weighted by atomic mass is 9.96. The molecule has 170 valence electrons. The molecule has 9 heteroatoms. The molecule has 1 aliphatic carbocycles. The van der Waals surface area contributed by atoms with Crippen molar-refractivity contribution in [3.05, 3.63) is 65.2 Å². The molecule has 2 aromatic carbocycles.